The van der Waals surface area contributed by atoms with Crippen molar-refractivity contribution >= 4 is 22.2 Å². The van der Waals surface area contributed by atoms with Gasteiger partial charge in [0.1, 0.15) is 0 Å². The molecule has 8 heteroatoms. The second-order valence-corrected chi connectivity index (χ2v) is 9.22. The van der Waals surface area contributed by atoms with E-state index in [1.54, 1.807) is 11.3 Å². The van der Waals surface area contributed by atoms with Crippen LogP contribution in [0.15, 0.2) is 35.8 Å². The molecule has 1 N–H and O–H groups in total. The maximum Gasteiger partial charge on any atom is 0.274 e. The van der Waals surface area contributed by atoms with Crippen molar-refractivity contribution in [3.05, 3.63) is 58.4 Å². The van der Waals surface area contributed by atoms with Crippen molar-refractivity contribution in [3.8, 4) is 0 Å². The molecule has 4 heterocycles. The van der Waals surface area contributed by atoms with Crippen molar-refractivity contribution in [1.29, 1.82) is 0 Å². The van der Waals surface area contributed by atoms with Crippen LogP contribution in [0.4, 0.5) is 0 Å². The molecule has 2 aliphatic rings. The van der Waals surface area contributed by atoms with E-state index in [9.17, 15) is 4.79 Å². The number of rotatable bonds is 5. The SMILES string of the molecule is CN1CCCN(C(=O)c2nc3sccn3c2CNC[C@H]2OCCc3ccccc32)CC1. The molecule has 0 unspecified atom stereocenters. The Balaban J connectivity index is 1.32. The molecule has 1 saturated heterocycles. The summed E-state index contributed by atoms with van der Waals surface area (Å²) in [5.41, 5.74) is 4.14. The Morgan fingerprint density at radius 3 is 3.10 bits per heavy atom. The highest BCUT2D eigenvalue weighted by Crippen LogP contribution is 2.26. The van der Waals surface area contributed by atoms with Crippen LogP contribution < -0.4 is 5.32 Å². The van der Waals surface area contributed by atoms with Crippen molar-refractivity contribution in [2.45, 2.75) is 25.5 Å². The standard InChI is InChI=1S/C23H29N5O2S/c1-26-8-4-9-27(11-10-26)22(29)21-19(28-12-14-31-23(28)25-21)15-24-16-20-18-6-3-2-5-17(18)7-13-30-20/h2-3,5-6,12,14,20,24H,4,7-11,13,15-16H2,1H3/t20-/m1/s1. The molecule has 1 fully saturated rings. The highest BCUT2D eigenvalue weighted by atomic mass is 32.1. The first-order valence-electron chi connectivity index (χ1n) is 11.0. The molecule has 1 atom stereocenters. The summed E-state index contributed by atoms with van der Waals surface area (Å²) in [7, 11) is 2.11. The molecular formula is C23H29N5O2S. The third-order valence-corrected chi connectivity index (χ3v) is 7.04. The fraction of sp³-hybridized carbons (Fsp3) is 0.478. The number of hydrogen-bond acceptors (Lipinski definition) is 6. The molecule has 2 aliphatic heterocycles. The van der Waals surface area contributed by atoms with Crippen LogP contribution in [0, 0.1) is 0 Å². The Kier molecular flexibility index (Phi) is 6.04. The maximum absolute atomic E-state index is 13.4. The summed E-state index contributed by atoms with van der Waals surface area (Å²) in [6, 6.07) is 8.50. The molecule has 1 aromatic carbocycles. The highest BCUT2D eigenvalue weighted by Gasteiger charge is 2.26. The monoisotopic (exact) mass is 439 g/mol. The summed E-state index contributed by atoms with van der Waals surface area (Å²) in [6.45, 7) is 5.50. The minimum Gasteiger partial charge on any atom is -0.372 e. The zero-order valence-electron chi connectivity index (χ0n) is 17.9. The number of amides is 1. The Morgan fingerprint density at radius 1 is 1.26 bits per heavy atom. The number of ether oxygens (including phenoxy) is 1. The van der Waals surface area contributed by atoms with Gasteiger partial charge >= 0.3 is 0 Å². The fourth-order valence-corrected chi connectivity index (χ4v) is 5.27. The number of nitrogens with one attached hydrogen (secondary N) is 1. The van der Waals surface area contributed by atoms with Gasteiger partial charge in [-0.1, -0.05) is 24.3 Å². The third kappa shape index (κ3) is 4.25. The van der Waals surface area contributed by atoms with Crippen molar-refractivity contribution in [3.63, 3.8) is 0 Å². The van der Waals surface area contributed by atoms with Gasteiger partial charge in [0.2, 0.25) is 0 Å². The molecule has 0 spiro atoms. The van der Waals surface area contributed by atoms with Gasteiger partial charge in [-0.15, -0.1) is 11.3 Å². The molecule has 7 nitrogen and oxygen atoms in total. The summed E-state index contributed by atoms with van der Waals surface area (Å²) in [5, 5.41) is 5.55. The molecule has 1 amide bonds. The number of fused-ring (bicyclic) bond motifs is 2. The second-order valence-electron chi connectivity index (χ2n) is 8.35. The van der Waals surface area contributed by atoms with E-state index in [1.807, 2.05) is 20.9 Å². The summed E-state index contributed by atoms with van der Waals surface area (Å²) < 4.78 is 8.08. The van der Waals surface area contributed by atoms with Gasteiger partial charge in [0.05, 0.1) is 18.4 Å². The first-order valence-corrected chi connectivity index (χ1v) is 11.9. The van der Waals surface area contributed by atoms with Gasteiger partial charge in [0.15, 0.2) is 10.7 Å². The molecule has 31 heavy (non-hydrogen) atoms. The van der Waals surface area contributed by atoms with Crippen LogP contribution in [0.2, 0.25) is 0 Å². The van der Waals surface area contributed by atoms with E-state index in [1.165, 1.54) is 11.1 Å². The van der Waals surface area contributed by atoms with Gasteiger partial charge in [-0.25, -0.2) is 4.98 Å². The lowest BCUT2D eigenvalue weighted by molar-refractivity contribution is 0.0422. The Labute approximate surface area is 186 Å². The number of aromatic nitrogens is 2. The van der Waals surface area contributed by atoms with Gasteiger partial charge in [-0.05, 0) is 37.6 Å². The zero-order valence-corrected chi connectivity index (χ0v) is 18.7. The van der Waals surface area contributed by atoms with E-state index >= 15 is 0 Å². The minimum absolute atomic E-state index is 0.0381. The van der Waals surface area contributed by atoms with E-state index < -0.39 is 0 Å². The van der Waals surface area contributed by atoms with Gasteiger partial charge in [0, 0.05) is 44.3 Å². The van der Waals surface area contributed by atoms with Gasteiger partial charge in [0.25, 0.3) is 5.91 Å². The normalized spacial score (nSPS) is 20.0. The number of hydrogen-bond donors (Lipinski definition) is 1. The van der Waals surface area contributed by atoms with Crippen LogP contribution in [-0.2, 0) is 17.7 Å². The van der Waals surface area contributed by atoms with E-state index in [0.717, 1.165) is 56.3 Å². The summed E-state index contributed by atoms with van der Waals surface area (Å²) in [5.74, 6) is 0.0438. The molecule has 5 rings (SSSR count). The first-order chi connectivity index (χ1) is 15.2. The third-order valence-electron chi connectivity index (χ3n) is 6.28. The number of carbonyl (C=O) groups is 1. The van der Waals surface area contributed by atoms with E-state index in [4.69, 9.17) is 9.72 Å². The van der Waals surface area contributed by atoms with Crippen LogP contribution >= 0.6 is 11.3 Å². The van der Waals surface area contributed by atoms with Gasteiger partial charge in [-0.3, -0.25) is 9.20 Å². The number of thiazole rings is 1. The van der Waals surface area contributed by atoms with Crippen molar-refractivity contribution in [2.24, 2.45) is 0 Å². The van der Waals surface area contributed by atoms with Crippen LogP contribution in [0.3, 0.4) is 0 Å². The predicted octanol–water partition coefficient (Wildman–Crippen LogP) is 2.58. The number of likely N-dealkylation sites (N-methyl/N-ethyl adjacent to an activating group) is 1. The van der Waals surface area contributed by atoms with Crippen LogP contribution in [0.5, 0.6) is 0 Å². The van der Waals surface area contributed by atoms with E-state index in [2.05, 4.69) is 41.5 Å². The molecule has 164 valence electrons. The Bertz CT molecular complexity index is 1060. The van der Waals surface area contributed by atoms with Crippen molar-refractivity contribution in [2.75, 3.05) is 46.4 Å². The largest absolute Gasteiger partial charge is 0.372 e. The van der Waals surface area contributed by atoms with Gasteiger partial charge in [-0.2, -0.15) is 0 Å². The molecular weight excluding hydrogens is 410 g/mol. The topological polar surface area (TPSA) is 62.1 Å². The van der Waals surface area contributed by atoms with Gasteiger partial charge < -0.3 is 19.9 Å². The highest BCUT2D eigenvalue weighted by molar-refractivity contribution is 7.15. The Morgan fingerprint density at radius 2 is 2.16 bits per heavy atom. The average molecular weight is 440 g/mol. The maximum atomic E-state index is 13.4. The number of imidazole rings is 1. The molecule has 0 bridgehead atoms. The number of nitrogens with zero attached hydrogens (tertiary/aromatic N) is 4. The summed E-state index contributed by atoms with van der Waals surface area (Å²) in [4.78, 5) is 23.2. The van der Waals surface area contributed by atoms with Crippen molar-refractivity contribution < 1.29 is 9.53 Å². The smallest absolute Gasteiger partial charge is 0.274 e. The summed E-state index contributed by atoms with van der Waals surface area (Å²) in [6.07, 6.45) is 4.00. The average Bonchev–Trinajstić information content (AvgIpc) is 3.31. The van der Waals surface area contributed by atoms with Crippen LogP contribution in [-0.4, -0.2) is 71.5 Å². The number of carbonyl (C=O) groups excluding carboxylic acids is 1. The van der Waals surface area contributed by atoms with Crippen molar-refractivity contribution in [1.82, 2.24) is 24.5 Å². The Hall–Kier alpha value is -2.26. The predicted molar refractivity (Wildman–Crippen MR) is 122 cm³/mol. The zero-order chi connectivity index (χ0) is 21.2. The van der Waals surface area contributed by atoms with E-state index in [-0.39, 0.29) is 12.0 Å². The lowest BCUT2D eigenvalue weighted by atomic mass is 9.97. The quantitative estimate of drug-likeness (QED) is 0.662. The lowest BCUT2D eigenvalue weighted by Crippen LogP contribution is -2.35. The second kappa shape index (κ2) is 9.08. The molecule has 3 aromatic rings. The molecule has 0 aliphatic carbocycles. The molecule has 0 radical (unpaired) electrons. The molecule has 2 aromatic heterocycles. The van der Waals surface area contributed by atoms with E-state index in [0.29, 0.717) is 18.8 Å². The van der Waals surface area contributed by atoms with Crippen LogP contribution in [0.25, 0.3) is 4.96 Å². The molecule has 0 saturated carbocycles. The minimum atomic E-state index is 0.0381. The van der Waals surface area contributed by atoms with Crippen LogP contribution in [0.1, 0.15) is 39.8 Å². The fourth-order valence-electron chi connectivity index (χ4n) is 4.54. The lowest BCUT2D eigenvalue weighted by Gasteiger charge is -2.26. The summed E-state index contributed by atoms with van der Waals surface area (Å²) >= 11 is 1.56. The number of benzene rings is 1. The first kappa shape index (κ1) is 20.6.